The van der Waals surface area contributed by atoms with Crippen LogP contribution >= 0.6 is 7.75 Å². The van der Waals surface area contributed by atoms with Crippen LogP contribution in [0.5, 0.6) is 5.75 Å². The number of ether oxygens (including phenoxy) is 2. The first-order valence-corrected chi connectivity index (χ1v) is 14.5. The van der Waals surface area contributed by atoms with Gasteiger partial charge >= 0.3 is 13.7 Å². The lowest BCUT2D eigenvalue weighted by molar-refractivity contribution is -0.145. The summed E-state index contributed by atoms with van der Waals surface area (Å²) >= 11 is 0. The summed E-state index contributed by atoms with van der Waals surface area (Å²) in [4.78, 5) is 24.8. The van der Waals surface area contributed by atoms with Gasteiger partial charge in [0.1, 0.15) is 29.7 Å². The Hall–Kier alpha value is -3.09. The summed E-state index contributed by atoms with van der Waals surface area (Å²) in [6.45, 7) is 3.73. The van der Waals surface area contributed by atoms with Gasteiger partial charge in [-0.25, -0.2) is 19.5 Å². The predicted octanol–water partition coefficient (Wildman–Crippen LogP) is 3.36. The maximum Gasteiger partial charge on any atom is 0.459 e. The lowest BCUT2D eigenvalue weighted by Crippen LogP contribution is -2.35. The molecule has 5 atom stereocenters. The number of carbonyl (C=O) groups is 1. The summed E-state index contributed by atoms with van der Waals surface area (Å²) in [6, 6.07) is 7.52. The van der Waals surface area contributed by atoms with Crippen molar-refractivity contribution in [3.05, 3.63) is 43.0 Å². The van der Waals surface area contributed by atoms with E-state index < -0.39 is 38.2 Å². The number of anilines is 1. The maximum absolute atomic E-state index is 13.7. The van der Waals surface area contributed by atoms with Crippen molar-refractivity contribution in [3.8, 4) is 5.75 Å². The molecule has 0 saturated carbocycles. The van der Waals surface area contributed by atoms with Crippen molar-refractivity contribution in [2.24, 2.45) is 0 Å². The number of hydrogen-bond donors (Lipinski definition) is 3. The molecule has 39 heavy (non-hydrogen) atoms. The van der Waals surface area contributed by atoms with Crippen LogP contribution in [-0.2, 0) is 23.4 Å². The molecule has 4 N–H and O–H groups in total. The SMILES string of the molecule is CCCCCCOC(=O)[C@H](C)NP(=O)(OC[C@@H]1C[C@H](O)[C@H](n2cnc3c(N)ncnc32)O1)Oc1ccccc1. The third-order valence-corrected chi connectivity index (χ3v) is 7.82. The van der Waals surface area contributed by atoms with E-state index in [0.29, 0.717) is 16.9 Å². The molecule has 13 nitrogen and oxygen atoms in total. The fourth-order valence-electron chi connectivity index (χ4n) is 4.15. The van der Waals surface area contributed by atoms with Crippen molar-refractivity contribution in [1.29, 1.82) is 0 Å². The smallest absolute Gasteiger partial charge is 0.459 e. The van der Waals surface area contributed by atoms with Gasteiger partial charge in [0.25, 0.3) is 0 Å². The molecule has 1 saturated heterocycles. The lowest BCUT2D eigenvalue weighted by Gasteiger charge is -2.24. The van der Waals surface area contributed by atoms with E-state index in [1.807, 2.05) is 0 Å². The number of imidazole rings is 1. The van der Waals surface area contributed by atoms with Gasteiger partial charge in [0.2, 0.25) is 0 Å². The average molecular weight is 563 g/mol. The van der Waals surface area contributed by atoms with Crippen LogP contribution in [0.4, 0.5) is 5.82 Å². The minimum Gasteiger partial charge on any atom is -0.465 e. The number of para-hydroxylation sites is 1. The largest absolute Gasteiger partial charge is 0.465 e. The lowest BCUT2D eigenvalue weighted by atomic mass is 10.2. The molecule has 3 heterocycles. The minimum absolute atomic E-state index is 0.186. The van der Waals surface area contributed by atoms with Gasteiger partial charge < -0.3 is 24.8 Å². The number of nitrogens with one attached hydrogen (secondary N) is 1. The van der Waals surface area contributed by atoms with Crippen LogP contribution in [0.25, 0.3) is 11.2 Å². The Balaban J connectivity index is 1.40. The van der Waals surface area contributed by atoms with Crippen molar-refractivity contribution in [3.63, 3.8) is 0 Å². The third kappa shape index (κ3) is 7.52. The van der Waals surface area contributed by atoms with Gasteiger partial charge in [0.15, 0.2) is 17.7 Å². The number of carbonyl (C=O) groups excluding carboxylic acids is 1. The second-order valence-corrected chi connectivity index (χ2v) is 11.0. The molecule has 0 spiro atoms. The van der Waals surface area contributed by atoms with E-state index in [9.17, 15) is 14.5 Å². The number of hydrogen-bond acceptors (Lipinski definition) is 11. The first-order chi connectivity index (χ1) is 18.8. The Morgan fingerprint density at radius 1 is 1.26 bits per heavy atom. The van der Waals surface area contributed by atoms with E-state index in [-0.39, 0.29) is 25.5 Å². The van der Waals surface area contributed by atoms with Gasteiger partial charge in [0.05, 0.1) is 25.6 Å². The van der Waals surface area contributed by atoms with Gasteiger partial charge in [-0.15, -0.1) is 0 Å². The van der Waals surface area contributed by atoms with Crippen LogP contribution in [0.1, 0.15) is 52.2 Å². The van der Waals surface area contributed by atoms with Crippen LogP contribution in [-0.4, -0.2) is 62.1 Å². The van der Waals surface area contributed by atoms with Crippen LogP contribution in [0.3, 0.4) is 0 Å². The Morgan fingerprint density at radius 2 is 2.05 bits per heavy atom. The molecule has 1 fully saturated rings. The van der Waals surface area contributed by atoms with E-state index in [1.165, 1.54) is 19.6 Å². The van der Waals surface area contributed by atoms with Gasteiger partial charge in [0, 0.05) is 6.42 Å². The minimum atomic E-state index is -4.07. The topological polar surface area (TPSA) is 173 Å². The number of aliphatic hydroxyl groups is 1. The zero-order chi connectivity index (χ0) is 27.8. The van der Waals surface area contributed by atoms with E-state index in [0.717, 1.165) is 25.7 Å². The first-order valence-electron chi connectivity index (χ1n) is 13.0. The number of aromatic nitrogens is 4. The molecule has 1 unspecified atom stereocenters. The van der Waals surface area contributed by atoms with Crippen molar-refractivity contribution in [2.75, 3.05) is 18.9 Å². The summed E-state index contributed by atoms with van der Waals surface area (Å²) in [5, 5.41) is 13.4. The van der Waals surface area contributed by atoms with Gasteiger partial charge in [-0.1, -0.05) is 44.4 Å². The summed E-state index contributed by atoms with van der Waals surface area (Å²) in [6.07, 6.45) is 4.44. The second kappa shape index (κ2) is 13.3. The van der Waals surface area contributed by atoms with Crippen LogP contribution in [0.2, 0.25) is 0 Å². The number of nitrogens with two attached hydrogens (primary N) is 1. The number of aliphatic hydroxyl groups excluding tert-OH is 1. The van der Waals surface area contributed by atoms with Gasteiger partial charge in [-0.3, -0.25) is 13.9 Å². The molecule has 0 bridgehead atoms. The molecule has 0 amide bonds. The fourth-order valence-corrected chi connectivity index (χ4v) is 5.67. The van der Waals surface area contributed by atoms with Gasteiger partial charge in [-0.05, 0) is 25.5 Å². The Kier molecular flexibility index (Phi) is 9.87. The zero-order valence-electron chi connectivity index (χ0n) is 22.0. The molecule has 1 aromatic carbocycles. The Bertz CT molecular complexity index is 1280. The summed E-state index contributed by atoms with van der Waals surface area (Å²) in [7, 11) is -4.07. The molecule has 4 rings (SSSR count). The fraction of sp³-hybridized carbons (Fsp3) is 0.520. The number of benzene rings is 1. The first kappa shape index (κ1) is 28.9. The van der Waals surface area contributed by atoms with Gasteiger partial charge in [-0.2, -0.15) is 5.09 Å². The van der Waals surface area contributed by atoms with E-state index in [4.69, 9.17) is 24.3 Å². The Morgan fingerprint density at radius 3 is 2.82 bits per heavy atom. The average Bonchev–Trinajstić information content (AvgIpc) is 3.51. The van der Waals surface area contributed by atoms with E-state index in [1.54, 1.807) is 34.9 Å². The van der Waals surface area contributed by atoms with Crippen LogP contribution in [0.15, 0.2) is 43.0 Å². The summed E-state index contributed by atoms with van der Waals surface area (Å²) < 4.78 is 38.0. The van der Waals surface area contributed by atoms with Crippen molar-refractivity contribution in [1.82, 2.24) is 24.6 Å². The number of fused-ring (bicyclic) bond motifs is 1. The van der Waals surface area contributed by atoms with E-state index in [2.05, 4.69) is 27.0 Å². The zero-order valence-corrected chi connectivity index (χ0v) is 22.9. The number of nitrogens with zero attached hydrogens (tertiary/aromatic N) is 4. The number of rotatable bonds is 14. The Labute approximate surface area is 226 Å². The molecule has 14 heteroatoms. The molecule has 2 aromatic heterocycles. The number of nitrogen functional groups attached to an aromatic ring is 1. The van der Waals surface area contributed by atoms with Crippen LogP contribution in [0, 0.1) is 0 Å². The van der Waals surface area contributed by atoms with E-state index >= 15 is 0 Å². The molecule has 0 aliphatic carbocycles. The molecule has 1 aliphatic heterocycles. The highest BCUT2D eigenvalue weighted by atomic mass is 31.2. The molecule has 3 aromatic rings. The highest BCUT2D eigenvalue weighted by Gasteiger charge is 2.39. The predicted molar refractivity (Wildman–Crippen MR) is 143 cm³/mol. The number of esters is 1. The molecule has 1 aliphatic rings. The quantitative estimate of drug-likeness (QED) is 0.149. The van der Waals surface area contributed by atoms with Crippen molar-refractivity contribution in [2.45, 2.75) is 70.4 Å². The highest BCUT2D eigenvalue weighted by molar-refractivity contribution is 7.52. The maximum atomic E-state index is 13.7. The molecule has 0 radical (unpaired) electrons. The summed E-state index contributed by atoms with van der Waals surface area (Å²) in [5.74, 6) is -0.0569. The monoisotopic (exact) mass is 562 g/mol. The molecular weight excluding hydrogens is 527 g/mol. The van der Waals surface area contributed by atoms with Crippen molar-refractivity contribution < 1.29 is 33.0 Å². The van der Waals surface area contributed by atoms with Crippen molar-refractivity contribution >= 4 is 30.7 Å². The molecule has 212 valence electrons. The highest BCUT2D eigenvalue weighted by Crippen LogP contribution is 2.46. The number of unbranched alkanes of at least 4 members (excludes halogenated alkanes) is 3. The second-order valence-electron chi connectivity index (χ2n) is 9.31. The normalized spacial score (nSPS) is 21.5. The molecular formula is C25H35N6O7P. The standard InChI is InChI=1S/C25H35N6O7P/c1-3-4-5-9-12-35-25(33)17(2)30-39(34,38-18-10-7-6-8-11-18)36-14-19-13-20(32)24(37-19)31-16-29-21-22(26)27-15-28-23(21)31/h6-8,10-11,15-17,19-20,24,32H,3-5,9,12-14H2,1-2H3,(H,30,34)(H2,26,27,28)/t17-,19-,20-,24+,39?/m0/s1. The third-order valence-electron chi connectivity index (χ3n) is 6.17. The summed E-state index contributed by atoms with van der Waals surface area (Å²) in [5.41, 5.74) is 6.67. The van der Waals surface area contributed by atoms with Crippen LogP contribution < -0.4 is 15.3 Å².